The number of methoxy groups -OCH3 is 2. The summed E-state index contributed by atoms with van der Waals surface area (Å²) in [4.78, 5) is 2.33. The summed E-state index contributed by atoms with van der Waals surface area (Å²) in [6.07, 6.45) is 0. The molecular formula is C14H15ClO2S. The first kappa shape index (κ1) is 13.2. The third-order valence-corrected chi connectivity index (χ3v) is 4.38. The second-order valence-corrected chi connectivity index (χ2v) is 5.64. The molecule has 1 aromatic carbocycles. The van der Waals surface area contributed by atoms with Gasteiger partial charge in [0.2, 0.25) is 0 Å². The summed E-state index contributed by atoms with van der Waals surface area (Å²) in [5, 5.41) is -0.255. The van der Waals surface area contributed by atoms with Crippen LogP contribution in [0.4, 0.5) is 0 Å². The minimum atomic E-state index is -0.255. The first-order valence-corrected chi connectivity index (χ1v) is 6.84. The van der Waals surface area contributed by atoms with Crippen LogP contribution in [0.2, 0.25) is 0 Å². The number of alkyl halides is 1. The van der Waals surface area contributed by atoms with Crippen molar-refractivity contribution in [3.63, 3.8) is 0 Å². The number of rotatable bonds is 4. The highest BCUT2D eigenvalue weighted by Gasteiger charge is 2.21. The quantitative estimate of drug-likeness (QED) is 0.774. The summed E-state index contributed by atoms with van der Waals surface area (Å²) >= 11 is 8.25. The Morgan fingerprint density at radius 2 is 1.67 bits per heavy atom. The molecule has 0 amide bonds. The maximum absolute atomic E-state index is 6.56. The molecule has 0 saturated carbocycles. The average Bonchev–Trinajstić information content (AvgIpc) is 2.83. The molecule has 1 aromatic heterocycles. The number of hydrogen-bond acceptors (Lipinski definition) is 3. The molecule has 18 heavy (non-hydrogen) atoms. The van der Waals surface area contributed by atoms with E-state index in [1.807, 2.05) is 24.3 Å². The van der Waals surface area contributed by atoms with Gasteiger partial charge in [0.1, 0.15) is 11.5 Å². The van der Waals surface area contributed by atoms with Crippen LogP contribution in [0.25, 0.3) is 0 Å². The summed E-state index contributed by atoms with van der Waals surface area (Å²) in [5.74, 6) is 1.50. The monoisotopic (exact) mass is 282 g/mol. The summed E-state index contributed by atoms with van der Waals surface area (Å²) in [6, 6.07) is 9.80. The molecule has 0 radical (unpaired) electrons. The SMILES string of the molecule is COc1cccc(OC)c1C(Cl)c1ccc(C)s1. The maximum atomic E-state index is 6.56. The number of benzene rings is 1. The summed E-state index contributed by atoms with van der Waals surface area (Å²) in [6.45, 7) is 2.07. The van der Waals surface area contributed by atoms with Crippen molar-refractivity contribution in [1.82, 2.24) is 0 Å². The van der Waals surface area contributed by atoms with Gasteiger partial charge in [-0.1, -0.05) is 6.07 Å². The van der Waals surface area contributed by atoms with Crippen LogP contribution in [-0.4, -0.2) is 14.2 Å². The molecule has 1 unspecified atom stereocenters. The number of aryl methyl sites for hydroxylation is 1. The molecule has 0 spiro atoms. The van der Waals surface area contributed by atoms with Crippen LogP contribution in [0.15, 0.2) is 30.3 Å². The van der Waals surface area contributed by atoms with E-state index in [0.717, 1.165) is 21.9 Å². The Morgan fingerprint density at radius 1 is 1.06 bits per heavy atom. The van der Waals surface area contributed by atoms with Crippen molar-refractivity contribution in [3.8, 4) is 11.5 Å². The highest BCUT2D eigenvalue weighted by molar-refractivity contribution is 7.12. The van der Waals surface area contributed by atoms with Gasteiger partial charge in [-0.25, -0.2) is 0 Å². The molecular weight excluding hydrogens is 268 g/mol. The molecule has 4 heteroatoms. The topological polar surface area (TPSA) is 18.5 Å². The summed E-state index contributed by atoms with van der Waals surface area (Å²) in [5.41, 5.74) is 0.881. The van der Waals surface area contributed by atoms with Crippen molar-refractivity contribution in [2.24, 2.45) is 0 Å². The second-order valence-electron chi connectivity index (χ2n) is 3.89. The lowest BCUT2D eigenvalue weighted by Crippen LogP contribution is -1.99. The standard InChI is InChI=1S/C14H15ClO2S/c1-9-7-8-12(18-9)14(15)13-10(16-2)5-4-6-11(13)17-3/h4-8,14H,1-3H3. The molecule has 0 N–H and O–H groups in total. The molecule has 1 atom stereocenters. The Morgan fingerprint density at radius 3 is 2.11 bits per heavy atom. The van der Waals surface area contributed by atoms with Gasteiger partial charge in [0.05, 0.1) is 25.2 Å². The average molecular weight is 283 g/mol. The Kier molecular flexibility index (Phi) is 4.15. The van der Waals surface area contributed by atoms with Crippen molar-refractivity contribution in [1.29, 1.82) is 0 Å². The second kappa shape index (κ2) is 5.63. The van der Waals surface area contributed by atoms with Crippen LogP contribution in [0, 0.1) is 6.92 Å². The Labute approximate surface area is 116 Å². The van der Waals surface area contributed by atoms with Crippen LogP contribution < -0.4 is 9.47 Å². The van der Waals surface area contributed by atoms with Crippen LogP contribution in [0.5, 0.6) is 11.5 Å². The number of thiophene rings is 1. The van der Waals surface area contributed by atoms with Crippen molar-refractivity contribution in [2.75, 3.05) is 14.2 Å². The van der Waals surface area contributed by atoms with Crippen LogP contribution in [0.3, 0.4) is 0 Å². The van der Waals surface area contributed by atoms with Gasteiger partial charge in [0, 0.05) is 9.75 Å². The lowest BCUT2D eigenvalue weighted by atomic mass is 10.1. The highest BCUT2D eigenvalue weighted by atomic mass is 35.5. The van der Waals surface area contributed by atoms with Gasteiger partial charge in [0.25, 0.3) is 0 Å². The van der Waals surface area contributed by atoms with Crippen molar-refractivity contribution in [2.45, 2.75) is 12.3 Å². The molecule has 0 fully saturated rings. The molecule has 0 aliphatic heterocycles. The highest BCUT2D eigenvalue weighted by Crippen LogP contribution is 2.42. The van der Waals surface area contributed by atoms with E-state index in [9.17, 15) is 0 Å². The zero-order valence-electron chi connectivity index (χ0n) is 10.6. The smallest absolute Gasteiger partial charge is 0.127 e. The fourth-order valence-electron chi connectivity index (χ4n) is 1.86. The maximum Gasteiger partial charge on any atom is 0.127 e. The van der Waals surface area contributed by atoms with Gasteiger partial charge < -0.3 is 9.47 Å². The molecule has 0 bridgehead atoms. The van der Waals surface area contributed by atoms with Gasteiger partial charge in [-0.3, -0.25) is 0 Å². The first-order chi connectivity index (χ1) is 8.67. The van der Waals surface area contributed by atoms with E-state index in [4.69, 9.17) is 21.1 Å². The lowest BCUT2D eigenvalue weighted by Gasteiger charge is -2.16. The van der Waals surface area contributed by atoms with Crippen molar-refractivity contribution in [3.05, 3.63) is 45.6 Å². The Hall–Kier alpha value is -1.19. The summed E-state index contributed by atoms with van der Waals surface area (Å²) < 4.78 is 10.8. The van der Waals surface area contributed by atoms with Gasteiger partial charge >= 0.3 is 0 Å². The third kappa shape index (κ3) is 2.47. The van der Waals surface area contributed by atoms with E-state index in [-0.39, 0.29) is 5.38 Å². The predicted octanol–water partition coefficient (Wildman–Crippen LogP) is 4.40. The molecule has 0 aliphatic carbocycles. The normalized spacial score (nSPS) is 12.2. The Balaban J connectivity index is 2.48. The zero-order chi connectivity index (χ0) is 13.1. The van der Waals surface area contributed by atoms with Crippen LogP contribution in [0.1, 0.15) is 20.7 Å². The predicted molar refractivity (Wildman–Crippen MR) is 76.3 cm³/mol. The van der Waals surface area contributed by atoms with Crippen molar-refractivity contribution >= 4 is 22.9 Å². The van der Waals surface area contributed by atoms with E-state index >= 15 is 0 Å². The largest absolute Gasteiger partial charge is 0.496 e. The molecule has 2 nitrogen and oxygen atoms in total. The van der Waals surface area contributed by atoms with E-state index in [2.05, 4.69) is 13.0 Å². The molecule has 1 heterocycles. The fraction of sp³-hybridized carbons (Fsp3) is 0.286. The molecule has 2 aromatic rings. The number of halogens is 1. The number of ether oxygens (including phenoxy) is 2. The van der Waals surface area contributed by atoms with E-state index < -0.39 is 0 Å². The van der Waals surface area contributed by atoms with E-state index in [1.165, 1.54) is 4.88 Å². The first-order valence-electron chi connectivity index (χ1n) is 5.58. The van der Waals surface area contributed by atoms with E-state index in [0.29, 0.717) is 0 Å². The minimum Gasteiger partial charge on any atom is -0.496 e. The Bertz CT molecular complexity index is 514. The van der Waals surface area contributed by atoms with Crippen molar-refractivity contribution < 1.29 is 9.47 Å². The molecule has 2 rings (SSSR count). The van der Waals surface area contributed by atoms with Gasteiger partial charge in [-0.2, -0.15) is 0 Å². The van der Waals surface area contributed by atoms with Gasteiger partial charge in [-0.15, -0.1) is 22.9 Å². The molecule has 0 saturated heterocycles. The zero-order valence-corrected chi connectivity index (χ0v) is 12.1. The molecule has 0 aliphatic rings. The van der Waals surface area contributed by atoms with Gasteiger partial charge in [0.15, 0.2) is 0 Å². The molecule has 96 valence electrons. The fourth-order valence-corrected chi connectivity index (χ4v) is 3.15. The van der Waals surface area contributed by atoms with Gasteiger partial charge in [-0.05, 0) is 31.2 Å². The third-order valence-electron chi connectivity index (χ3n) is 2.73. The number of hydrogen-bond donors (Lipinski definition) is 0. The van der Waals surface area contributed by atoms with Crippen LogP contribution in [-0.2, 0) is 0 Å². The van der Waals surface area contributed by atoms with E-state index in [1.54, 1.807) is 25.6 Å². The lowest BCUT2D eigenvalue weighted by molar-refractivity contribution is 0.386. The summed E-state index contributed by atoms with van der Waals surface area (Å²) in [7, 11) is 3.28. The van der Waals surface area contributed by atoms with Crippen LogP contribution >= 0.6 is 22.9 Å². The minimum absolute atomic E-state index is 0.255.